The van der Waals surface area contributed by atoms with E-state index in [9.17, 15) is 10.1 Å². The molecule has 0 atom stereocenters. The maximum atomic E-state index is 10.8. The van der Waals surface area contributed by atoms with Crippen molar-refractivity contribution in [1.82, 2.24) is 0 Å². The van der Waals surface area contributed by atoms with Crippen molar-refractivity contribution in [2.24, 2.45) is 0 Å². The van der Waals surface area contributed by atoms with Crippen molar-refractivity contribution in [2.75, 3.05) is 5.32 Å². The van der Waals surface area contributed by atoms with E-state index in [4.69, 9.17) is 0 Å². The van der Waals surface area contributed by atoms with Gasteiger partial charge < -0.3 is 5.32 Å². The normalized spacial score (nSPS) is 10.3. The zero-order valence-electron chi connectivity index (χ0n) is 10.3. The molecule has 0 spiro atoms. The molecule has 0 aliphatic rings. The number of aryl methyl sites for hydroxylation is 2. The van der Waals surface area contributed by atoms with Crippen LogP contribution in [0.1, 0.15) is 15.3 Å². The highest BCUT2D eigenvalue weighted by Crippen LogP contribution is 2.23. The van der Waals surface area contributed by atoms with E-state index in [1.165, 1.54) is 9.75 Å². The highest BCUT2D eigenvalue weighted by atomic mass is 32.1. The van der Waals surface area contributed by atoms with Crippen molar-refractivity contribution in [3.8, 4) is 0 Å². The van der Waals surface area contributed by atoms with Crippen LogP contribution in [-0.4, -0.2) is 4.92 Å². The second-order valence-corrected chi connectivity index (χ2v) is 5.50. The summed E-state index contributed by atoms with van der Waals surface area (Å²) in [5.41, 5.74) is 1.61. The van der Waals surface area contributed by atoms with Gasteiger partial charge in [-0.2, -0.15) is 0 Å². The Morgan fingerprint density at radius 3 is 2.67 bits per heavy atom. The fourth-order valence-corrected chi connectivity index (χ4v) is 2.52. The third kappa shape index (κ3) is 2.87. The van der Waals surface area contributed by atoms with E-state index < -0.39 is 0 Å². The average Bonchev–Trinajstić information content (AvgIpc) is 2.74. The molecule has 0 fully saturated rings. The predicted octanol–water partition coefficient (Wildman–Crippen LogP) is 3.89. The van der Waals surface area contributed by atoms with Gasteiger partial charge in [-0.05, 0) is 32.0 Å². The minimum absolute atomic E-state index is 0.155. The molecule has 0 amide bonds. The zero-order chi connectivity index (χ0) is 13.1. The molecule has 0 saturated heterocycles. The Morgan fingerprint density at radius 1 is 1.28 bits per heavy atom. The lowest BCUT2D eigenvalue weighted by molar-refractivity contribution is -0.385. The Morgan fingerprint density at radius 2 is 2.06 bits per heavy atom. The van der Waals surface area contributed by atoms with Crippen LogP contribution in [0.3, 0.4) is 0 Å². The Kier molecular flexibility index (Phi) is 3.62. The van der Waals surface area contributed by atoms with Crippen molar-refractivity contribution in [3.05, 3.63) is 55.8 Å². The molecule has 0 aliphatic heterocycles. The van der Waals surface area contributed by atoms with Crippen molar-refractivity contribution in [3.63, 3.8) is 0 Å². The fourth-order valence-electron chi connectivity index (χ4n) is 1.69. The number of thiophene rings is 1. The third-order valence-corrected chi connectivity index (χ3v) is 3.67. The van der Waals surface area contributed by atoms with Crippen LogP contribution in [0.4, 0.5) is 11.4 Å². The summed E-state index contributed by atoms with van der Waals surface area (Å²) >= 11 is 1.72. The maximum Gasteiger partial charge on any atom is 0.274 e. The first kappa shape index (κ1) is 12.6. The summed E-state index contributed by atoms with van der Waals surface area (Å²) in [5, 5.41) is 14.0. The first-order chi connectivity index (χ1) is 8.56. The maximum absolute atomic E-state index is 10.8. The van der Waals surface area contributed by atoms with E-state index in [1.54, 1.807) is 30.4 Å². The number of nitro benzene ring substituents is 1. The van der Waals surface area contributed by atoms with Crippen LogP contribution in [0, 0.1) is 24.0 Å². The molecule has 1 heterocycles. The van der Waals surface area contributed by atoms with Gasteiger partial charge in [0.1, 0.15) is 0 Å². The number of nitrogens with one attached hydrogen (secondary N) is 1. The highest BCUT2D eigenvalue weighted by Gasteiger charge is 2.10. The van der Waals surface area contributed by atoms with Gasteiger partial charge in [0, 0.05) is 33.6 Å². The molecule has 1 aromatic heterocycles. The van der Waals surface area contributed by atoms with Crippen molar-refractivity contribution < 1.29 is 4.92 Å². The van der Waals surface area contributed by atoms with Gasteiger partial charge in [-0.15, -0.1) is 11.3 Å². The fraction of sp³-hybridized carbons (Fsp3) is 0.231. The number of nitro groups is 1. The smallest absolute Gasteiger partial charge is 0.274 e. The molecule has 0 unspecified atom stereocenters. The second-order valence-electron chi connectivity index (χ2n) is 4.12. The molecule has 2 aromatic rings. The molecule has 18 heavy (non-hydrogen) atoms. The van der Waals surface area contributed by atoms with Gasteiger partial charge in [0.15, 0.2) is 0 Å². The van der Waals surface area contributed by atoms with Crippen LogP contribution >= 0.6 is 11.3 Å². The molecule has 1 N–H and O–H groups in total. The summed E-state index contributed by atoms with van der Waals surface area (Å²) in [6, 6.07) is 9.34. The molecule has 2 rings (SSSR count). The summed E-state index contributed by atoms with van der Waals surface area (Å²) in [4.78, 5) is 13.0. The Labute approximate surface area is 109 Å². The van der Waals surface area contributed by atoms with E-state index >= 15 is 0 Å². The average molecular weight is 262 g/mol. The van der Waals surface area contributed by atoms with Crippen LogP contribution in [0.2, 0.25) is 0 Å². The number of anilines is 1. The number of rotatable bonds is 4. The lowest BCUT2D eigenvalue weighted by Crippen LogP contribution is -1.99. The van der Waals surface area contributed by atoms with Crippen LogP contribution in [0.25, 0.3) is 0 Å². The lowest BCUT2D eigenvalue weighted by atomic mass is 10.2. The standard InChI is InChI=1S/C13H14N2O2S/c1-9-3-5-11(7-13(9)15(16)17)14-8-12-6-4-10(2)18-12/h3-7,14H,8H2,1-2H3. The van der Waals surface area contributed by atoms with Crippen molar-refractivity contribution in [2.45, 2.75) is 20.4 Å². The van der Waals surface area contributed by atoms with Gasteiger partial charge in [-0.3, -0.25) is 10.1 Å². The van der Waals surface area contributed by atoms with Gasteiger partial charge >= 0.3 is 0 Å². The van der Waals surface area contributed by atoms with E-state index in [0.29, 0.717) is 12.1 Å². The number of hydrogen-bond acceptors (Lipinski definition) is 4. The summed E-state index contributed by atoms with van der Waals surface area (Å²) in [6.07, 6.45) is 0. The minimum atomic E-state index is -0.351. The molecule has 4 nitrogen and oxygen atoms in total. The van der Waals surface area contributed by atoms with E-state index in [0.717, 1.165) is 5.69 Å². The van der Waals surface area contributed by atoms with Crippen LogP contribution in [-0.2, 0) is 6.54 Å². The Hall–Kier alpha value is -1.88. The summed E-state index contributed by atoms with van der Waals surface area (Å²) in [5.74, 6) is 0. The topological polar surface area (TPSA) is 55.2 Å². The number of benzene rings is 1. The van der Waals surface area contributed by atoms with Gasteiger partial charge in [-0.1, -0.05) is 6.07 Å². The van der Waals surface area contributed by atoms with Crippen molar-refractivity contribution >= 4 is 22.7 Å². The third-order valence-electron chi connectivity index (χ3n) is 2.67. The first-order valence-electron chi connectivity index (χ1n) is 5.60. The summed E-state index contributed by atoms with van der Waals surface area (Å²) in [7, 11) is 0. The quantitative estimate of drug-likeness (QED) is 0.672. The Bertz CT molecular complexity index is 578. The lowest BCUT2D eigenvalue weighted by Gasteiger charge is -2.05. The molecule has 5 heteroatoms. The number of nitrogens with zero attached hydrogens (tertiary/aromatic N) is 1. The van der Waals surface area contributed by atoms with Gasteiger partial charge in [0.25, 0.3) is 5.69 Å². The molecular formula is C13H14N2O2S. The molecular weight excluding hydrogens is 248 g/mol. The van der Waals surface area contributed by atoms with E-state index in [-0.39, 0.29) is 10.6 Å². The largest absolute Gasteiger partial charge is 0.380 e. The highest BCUT2D eigenvalue weighted by molar-refractivity contribution is 7.11. The monoisotopic (exact) mass is 262 g/mol. The van der Waals surface area contributed by atoms with Gasteiger partial charge in [0.05, 0.1) is 4.92 Å². The molecule has 0 radical (unpaired) electrons. The van der Waals surface area contributed by atoms with Crippen LogP contribution < -0.4 is 5.32 Å². The molecule has 0 saturated carbocycles. The SMILES string of the molecule is Cc1ccc(CNc2ccc(C)c([N+](=O)[O-])c2)s1. The number of hydrogen-bond donors (Lipinski definition) is 1. The molecule has 0 bridgehead atoms. The first-order valence-corrected chi connectivity index (χ1v) is 6.42. The van der Waals surface area contributed by atoms with E-state index in [2.05, 4.69) is 24.4 Å². The van der Waals surface area contributed by atoms with Crippen LogP contribution in [0.5, 0.6) is 0 Å². The minimum Gasteiger partial charge on any atom is -0.380 e. The Balaban J connectivity index is 2.10. The summed E-state index contributed by atoms with van der Waals surface area (Å²) in [6.45, 7) is 4.49. The summed E-state index contributed by atoms with van der Waals surface area (Å²) < 4.78 is 0. The predicted molar refractivity (Wildman–Crippen MR) is 74.2 cm³/mol. The molecule has 94 valence electrons. The van der Waals surface area contributed by atoms with Gasteiger partial charge in [-0.25, -0.2) is 0 Å². The molecule has 0 aliphatic carbocycles. The van der Waals surface area contributed by atoms with Gasteiger partial charge in [0.2, 0.25) is 0 Å². The van der Waals surface area contributed by atoms with E-state index in [1.807, 2.05) is 6.07 Å². The second kappa shape index (κ2) is 5.18. The molecule has 1 aromatic carbocycles. The van der Waals surface area contributed by atoms with Crippen LogP contribution in [0.15, 0.2) is 30.3 Å². The zero-order valence-corrected chi connectivity index (χ0v) is 11.1. The van der Waals surface area contributed by atoms with Crippen molar-refractivity contribution in [1.29, 1.82) is 0 Å².